The lowest BCUT2D eigenvalue weighted by atomic mass is 10.1. The van der Waals surface area contributed by atoms with Crippen molar-refractivity contribution in [1.82, 2.24) is 25.1 Å². The highest BCUT2D eigenvalue weighted by Gasteiger charge is 2.17. The number of carbonyl (C=O) groups excluding carboxylic acids is 2. The number of hydrogen-bond donors (Lipinski definition) is 3. The smallest absolute Gasteiger partial charge is 0.278 e. The van der Waals surface area contributed by atoms with Crippen molar-refractivity contribution in [3.8, 4) is 0 Å². The molecule has 3 heterocycles. The number of rotatable bonds is 7. The van der Waals surface area contributed by atoms with Crippen molar-refractivity contribution in [3.63, 3.8) is 0 Å². The highest BCUT2D eigenvalue weighted by Crippen LogP contribution is 2.13. The molecular weight excluding hydrogens is 398 g/mol. The summed E-state index contributed by atoms with van der Waals surface area (Å²) >= 11 is 0. The number of nitrogens with one attached hydrogen (secondary N) is 2. The third-order valence-electron chi connectivity index (χ3n) is 4.88. The summed E-state index contributed by atoms with van der Waals surface area (Å²) in [6.45, 7) is 1.71. The summed E-state index contributed by atoms with van der Waals surface area (Å²) in [6, 6.07) is 7.34. The van der Waals surface area contributed by atoms with Crippen LogP contribution in [0.1, 0.15) is 39.3 Å². The number of amides is 2. The summed E-state index contributed by atoms with van der Waals surface area (Å²) in [6.07, 6.45) is 8.15. The Balaban J connectivity index is 1.36. The first-order chi connectivity index (χ1) is 15.1. The molecule has 2 aromatic heterocycles. The molecule has 1 unspecified atom stereocenters. The SMILES string of the molecule is Nc1nccnc1C(=O)Nc1cnn(Cc2cccc(C(=O)NCC3CCCO3)c2)c1. The number of hydrogen-bond acceptors (Lipinski definition) is 7. The van der Waals surface area contributed by atoms with Crippen molar-refractivity contribution in [2.45, 2.75) is 25.5 Å². The second kappa shape index (κ2) is 9.35. The number of nitrogens with zero attached hydrogens (tertiary/aromatic N) is 4. The number of anilines is 2. The van der Waals surface area contributed by atoms with Gasteiger partial charge >= 0.3 is 0 Å². The molecule has 1 aliphatic rings. The number of aromatic nitrogens is 4. The van der Waals surface area contributed by atoms with Gasteiger partial charge in [-0.25, -0.2) is 9.97 Å². The Morgan fingerprint density at radius 2 is 2.10 bits per heavy atom. The highest BCUT2D eigenvalue weighted by molar-refractivity contribution is 6.05. The zero-order chi connectivity index (χ0) is 21.6. The maximum Gasteiger partial charge on any atom is 0.278 e. The van der Waals surface area contributed by atoms with Crippen LogP contribution in [-0.2, 0) is 11.3 Å². The van der Waals surface area contributed by atoms with Gasteiger partial charge in [0, 0.05) is 37.3 Å². The van der Waals surface area contributed by atoms with E-state index in [1.54, 1.807) is 16.9 Å². The van der Waals surface area contributed by atoms with Gasteiger partial charge in [-0.1, -0.05) is 12.1 Å². The van der Waals surface area contributed by atoms with E-state index in [1.807, 2.05) is 18.2 Å². The predicted molar refractivity (Wildman–Crippen MR) is 113 cm³/mol. The average Bonchev–Trinajstić information content (AvgIpc) is 3.44. The van der Waals surface area contributed by atoms with Crippen LogP contribution in [0.15, 0.2) is 49.1 Å². The van der Waals surface area contributed by atoms with Crippen molar-refractivity contribution in [3.05, 3.63) is 65.9 Å². The van der Waals surface area contributed by atoms with Crippen molar-refractivity contribution < 1.29 is 14.3 Å². The van der Waals surface area contributed by atoms with Gasteiger partial charge in [0.1, 0.15) is 0 Å². The molecule has 1 fully saturated rings. The maximum atomic E-state index is 12.4. The molecule has 4 rings (SSSR count). The highest BCUT2D eigenvalue weighted by atomic mass is 16.5. The fourth-order valence-electron chi connectivity index (χ4n) is 3.34. The van der Waals surface area contributed by atoms with Crippen molar-refractivity contribution in [1.29, 1.82) is 0 Å². The molecule has 2 amide bonds. The second-order valence-electron chi connectivity index (χ2n) is 7.22. The lowest BCUT2D eigenvalue weighted by Gasteiger charge is -2.11. The van der Waals surface area contributed by atoms with E-state index in [0.29, 0.717) is 24.3 Å². The molecule has 1 aromatic carbocycles. The largest absolute Gasteiger partial charge is 0.382 e. The van der Waals surface area contributed by atoms with E-state index in [9.17, 15) is 9.59 Å². The van der Waals surface area contributed by atoms with Crippen molar-refractivity contribution in [2.24, 2.45) is 0 Å². The summed E-state index contributed by atoms with van der Waals surface area (Å²) in [5.41, 5.74) is 7.72. The molecular formula is C21H23N7O3. The third-order valence-corrected chi connectivity index (χ3v) is 4.88. The first-order valence-electron chi connectivity index (χ1n) is 9.97. The molecule has 31 heavy (non-hydrogen) atoms. The lowest BCUT2D eigenvalue weighted by Crippen LogP contribution is -2.31. The standard InChI is InChI=1S/C21H23N7O3/c22-19-18(23-6-7-24-19)21(30)27-16-10-26-28(13-16)12-14-3-1-4-15(9-14)20(29)25-11-17-5-2-8-31-17/h1,3-4,6-7,9-10,13,17H,2,5,8,11-12H2,(H2,22,24)(H,25,29)(H,27,30). The second-order valence-corrected chi connectivity index (χ2v) is 7.22. The summed E-state index contributed by atoms with van der Waals surface area (Å²) in [5.74, 6) is -0.538. The van der Waals surface area contributed by atoms with Crippen LogP contribution in [0.2, 0.25) is 0 Å². The number of benzene rings is 1. The van der Waals surface area contributed by atoms with Crippen LogP contribution in [0, 0.1) is 0 Å². The Bertz CT molecular complexity index is 1080. The van der Waals surface area contributed by atoms with E-state index in [0.717, 1.165) is 25.0 Å². The van der Waals surface area contributed by atoms with E-state index in [-0.39, 0.29) is 23.5 Å². The third kappa shape index (κ3) is 5.23. The van der Waals surface area contributed by atoms with Gasteiger partial charge in [0.15, 0.2) is 11.5 Å². The molecule has 1 atom stereocenters. The molecule has 1 aliphatic heterocycles. The Hall–Kier alpha value is -3.79. The van der Waals surface area contributed by atoms with Crippen molar-refractivity contribution in [2.75, 3.05) is 24.2 Å². The van der Waals surface area contributed by atoms with E-state index < -0.39 is 5.91 Å². The van der Waals surface area contributed by atoms with Gasteiger partial charge in [0.25, 0.3) is 11.8 Å². The molecule has 0 bridgehead atoms. The van der Waals surface area contributed by atoms with Crippen LogP contribution in [-0.4, -0.2) is 50.8 Å². The fourth-order valence-corrected chi connectivity index (χ4v) is 3.34. The zero-order valence-corrected chi connectivity index (χ0v) is 16.8. The summed E-state index contributed by atoms with van der Waals surface area (Å²) < 4.78 is 7.20. The van der Waals surface area contributed by atoms with E-state index in [2.05, 4.69) is 25.7 Å². The Kier molecular flexibility index (Phi) is 6.18. The molecule has 1 saturated heterocycles. The van der Waals surface area contributed by atoms with Gasteiger partial charge in [0.2, 0.25) is 0 Å². The lowest BCUT2D eigenvalue weighted by molar-refractivity contribution is 0.0857. The predicted octanol–water partition coefficient (Wildman–Crippen LogP) is 1.46. The van der Waals surface area contributed by atoms with E-state index in [4.69, 9.17) is 10.5 Å². The molecule has 10 nitrogen and oxygen atoms in total. The van der Waals surface area contributed by atoms with Crippen LogP contribution in [0.25, 0.3) is 0 Å². The van der Waals surface area contributed by atoms with Crippen molar-refractivity contribution >= 4 is 23.3 Å². The Labute approximate surface area is 178 Å². The molecule has 3 aromatic rings. The topological polar surface area (TPSA) is 137 Å². The van der Waals surface area contributed by atoms with Gasteiger partial charge < -0.3 is 21.1 Å². The van der Waals surface area contributed by atoms with Gasteiger partial charge in [-0.05, 0) is 30.5 Å². The molecule has 160 valence electrons. The van der Waals surface area contributed by atoms with Crippen LogP contribution in [0.3, 0.4) is 0 Å². The normalized spacial score (nSPS) is 15.5. The fraction of sp³-hybridized carbons (Fsp3) is 0.286. The zero-order valence-electron chi connectivity index (χ0n) is 16.8. The number of ether oxygens (including phenoxy) is 1. The van der Waals surface area contributed by atoms with Crippen LogP contribution in [0.4, 0.5) is 11.5 Å². The number of nitrogen functional groups attached to an aromatic ring is 1. The van der Waals surface area contributed by atoms with Gasteiger partial charge in [-0.3, -0.25) is 14.3 Å². The molecule has 0 spiro atoms. The van der Waals surface area contributed by atoms with E-state index >= 15 is 0 Å². The van der Waals surface area contributed by atoms with Crippen LogP contribution in [0.5, 0.6) is 0 Å². The number of carbonyl (C=O) groups is 2. The molecule has 0 radical (unpaired) electrons. The van der Waals surface area contributed by atoms with Gasteiger partial charge in [0.05, 0.1) is 24.5 Å². The molecule has 0 aliphatic carbocycles. The molecule has 4 N–H and O–H groups in total. The maximum absolute atomic E-state index is 12.4. The minimum absolute atomic E-state index is 0.0527. The quantitative estimate of drug-likeness (QED) is 0.525. The molecule has 10 heteroatoms. The summed E-state index contributed by atoms with van der Waals surface area (Å²) in [5, 5.41) is 9.88. The summed E-state index contributed by atoms with van der Waals surface area (Å²) in [7, 11) is 0. The minimum atomic E-state index is -0.463. The van der Waals surface area contributed by atoms with E-state index in [1.165, 1.54) is 18.6 Å². The summed E-state index contributed by atoms with van der Waals surface area (Å²) in [4.78, 5) is 32.5. The average molecular weight is 421 g/mol. The first-order valence-corrected chi connectivity index (χ1v) is 9.97. The van der Waals surface area contributed by atoms with Crippen LogP contribution >= 0.6 is 0 Å². The first kappa shape index (κ1) is 20.5. The number of nitrogens with two attached hydrogens (primary N) is 1. The Morgan fingerprint density at radius 1 is 1.23 bits per heavy atom. The monoisotopic (exact) mass is 421 g/mol. The molecule has 0 saturated carbocycles. The Morgan fingerprint density at radius 3 is 2.90 bits per heavy atom. The van der Waals surface area contributed by atoms with Gasteiger partial charge in [-0.15, -0.1) is 0 Å². The van der Waals surface area contributed by atoms with Crippen LogP contribution < -0.4 is 16.4 Å². The minimum Gasteiger partial charge on any atom is -0.382 e. The van der Waals surface area contributed by atoms with Gasteiger partial charge in [-0.2, -0.15) is 5.10 Å².